The summed E-state index contributed by atoms with van der Waals surface area (Å²) in [7, 11) is 0. The zero-order valence-corrected chi connectivity index (χ0v) is 16.7. The van der Waals surface area contributed by atoms with Crippen LogP contribution in [0.4, 0.5) is 5.82 Å². The second-order valence-corrected chi connectivity index (χ2v) is 6.47. The van der Waals surface area contributed by atoms with Gasteiger partial charge in [0, 0.05) is 11.6 Å². The molecule has 3 aromatic rings. The minimum absolute atomic E-state index is 0.200. The van der Waals surface area contributed by atoms with Crippen LogP contribution in [0.15, 0.2) is 71.3 Å². The summed E-state index contributed by atoms with van der Waals surface area (Å²) >= 11 is 0. The summed E-state index contributed by atoms with van der Waals surface area (Å²) in [6.07, 6.45) is -1.23. The number of benzene rings is 2. The molecule has 31 heavy (non-hydrogen) atoms. The molecule has 3 rings (SSSR count). The van der Waals surface area contributed by atoms with Gasteiger partial charge in [-0.2, -0.15) is 0 Å². The van der Waals surface area contributed by atoms with E-state index in [0.29, 0.717) is 17.1 Å². The second-order valence-electron chi connectivity index (χ2n) is 6.47. The Morgan fingerprint density at radius 2 is 1.71 bits per heavy atom. The van der Waals surface area contributed by atoms with Gasteiger partial charge in [0.1, 0.15) is 18.1 Å². The molecule has 0 aliphatic rings. The number of aromatic nitrogens is 1. The van der Waals surface area contributed by atoms with Gasteiger partial charge in [0.2, 0.25) is 6.10 Å². The van der Waals surface area contributed by atoms with Crippen LogP contribution in [-0.2, 0) is 19.1 Å². The number of carbonyl (C=O) groups excluding carboxylic acids is 3. The first-order chi connectivity index (χ1) is 15.0. The topological polar surface area (TPSA) is 120 Å². The highest BCUT2D eigenvalue weighted by molar-refractivity contribution is 5.95. The highest BCUT2D eigenvalue weighted by atomic mass is 16.5. The fraction of sp³-hybridized carbons (Fsp3) is 0.182. The fourth-order valence-corrected chi connectivity index (χ4v) is 2.58. The van der Waals surface area contributed by atoms with Crippen LogP contribution in [0, 0.1) is 6.92 Å². The number of amides is 2. The van der Waals surface area contributed by atoms with Gasteiger partial charge >= 0.3 is 5.97 Å². The molecule has 1 heterocycles. The van der Waals surface area contributed by atoms with Crippen LogP contribution in [0.25, 0.3) is 0 Å². The molecule has 0 spiro atoms. The smallest absolute Gasteiger partial charge is 0.326 e. The first-order valence-electron chi connectivity index (χ1n) is 9.44. The number of rotatable bonds is 9. The third-order valence-corrected chi connectivity index (χ3v) is 4.01. The van der Waals surface area contributed by atoms with E-state index in [1.54, 1.807) is 61.5 Å². The van der Waals surface area contributed by atoms with Crippen LogP contribution in [0.5, 0.6) is 5.75 Å². The van der Waals surface area contributed by atoms with Crippen molar-refractivity contribution in [3.63, 3.8) is 0 Å². The summed E-state index contributed by atoms with van der Waals surface area (Å²) < 4.78 is 15.6. The lowest BCUT2D eigenvalue weighted by Crippen LogP contribution is -2.36. The maximum absolute atomic E-state index is 12.7. The molecule has 9 nitrogen and oxygen atoms in total. The molecule has 0 saturated carbocycles. The molecule has 2 aromatic carbocycles. The van der Waals surface area contributed by atoms with E-state index in [9.17, 15) is 14.4 Å². The molecule has 1 unspecified atom stereocenters. The largest absolute Gasteiger partial charge is 0.484 e. The monoisotopic (exact) mass is 423 g/mol. The molecule has 2 N–H and O–H groups in total. The van der Waals surface area contributed by atoms with E-state index in [2.05, 4.69) is 15.8 Å². The van der Waals surface area contributed by atoms with E-state index < -0.39 is 30.4 Å². The molecule has 1 atom stereocenters. The van der Waals surface area contributed by atoms with Crippen molar-refractivity contribution in [2.75, 3.05) is 18.5 Å². The summed E-state index contributed by atoms with van der Waals surface area (Å²) in [6.45, 7) is 1.00. The zero-order chi connectivity index (χ0) is 22.1. The first-order valence-corrected chi connectivity index (χ1v) is 9.44. The van der Waals surface area contributed by atoms with E-state index >= 15 is 0 Å². The van der Waals surface area contributed by atoms with Crippen LogP contribution < -0.4 is 15.4 Å². The number of hydrogen-bond donors (Lipinski definition) is 2. The second kappa shape index (κ2) is 10.6. The van der Waals surface area contributed by atoms with Crippen molar-refractivity contribution in [2.24, 2.45) is 0 Å². The standard InChI is InChI=1S/C22H21N3O6/c1-15-12-18(25-31-15)24-22(28)21(16-8-4-2-5-9-16)30-20(27)13-23-19(26)14-29-17-10-6-3-7-11-17/h2-12,21H,13-14H2,1H3,(H,23,26)(H,24,25,28). The normalized spacial score (nSPS) is 11.3. The number of aryl methyl sites for hydroxylation is 1. The summed E-state index contributed by atoms with van der Waals surface area (Å²) in [6, 6.07) is 18.8. The Balaban J connectivity index is 1.55. The maximum atomic E-state index is 12.7. The molecule has 0 radical (unpaired) electrons. The predicted octanol–water partition coefficient (Wildman–Crippen LogP) is 2.40. The average molecular weight is 423 g/mol. The molecule has 1 aromatic heterocycles. The Kier molecular flexibility index (Phi) is 7.36. The van der Waals surface area contributed by atoms with Gasteiger partial charge in [-0.05, 0) is 19.1 Å². The quantitative estimate of drug-likeness (QED) is 0.507. The average Bonchev–Trinajstić information content (AvgIpc) is 3.20. The summed E-state index contributed by atoms with van der Waals surface area (Å²) in [5, 5.41) is 8.64. The molecule has 9 heteroatoms. The van der Waals surface area contributed by atoms with Crippen molar-refractivity contribution in [3.8, 4) is 5.75 Å². The number of esters is 1. The fourth-order valence-electron chi connectivity index (χ4n) is 2.58. The van der Waals surface area contributed by atoms with E-state index in [0.717, 1.165) is 0 Å². The summed E-state index contributed by atoms with van der Waals surface area (Å²) in [5.74, 6) is -0.640. The summed E-state index contributed by atoms with van der Waals surface area (Å²) in [4.78, 5) is 36.9. The Morgan fingerprint density at radius 1 is 1.03 bits per heavy atom. The van der Waals surface area contributed by atoms with Crippen LogP contribution in [0.1, 0.15) is 17.4 Å². The minimum atomic E-state index is -1.23. The van der Waals surface area contributed by atoms with Crippen molar-refractivity contribution in [3.05, 3.63) is 78.1 Å². The van der Waals surface area contributed by atoms with Gasteiger partial charge in [-0.1, -0.05) is 53.7 Å². The third-order valence-electron chi connectivity index (χ3n) is 4.01. The summed E-state index contributed by atoms with van der Waals surface area (Å²) in [5.41, 5.74) is 0.465. The van der Waals surface area contributed by atoms with E-state index in [4.69, 9.17) is 14.0 Å². The van der Waals surface area contributed by atoms with Crippen molar-refractivity contribution < 1.29 is 28.4 Å². The van der Waals surface area contributed by atoms with E-state index in [1.807, 2.05) is 6.07 Å². The van der Waals surface area contributed by atoms with Crippen molar-refractivity contribution in [2.45, 2.75) is 13.0 Å². The van der Waals surface area contributed by atoms with Crippen LogP contribution in [0.3, 0.4) is 0 Å². The van der Waals surface area contributed by atoms with Gasteiger partial charge < -0.3 is 24.6 Å². The van der Waals surface area contributed by atoms with E-state index in [-0.39, 0.29) is 12.4 Å². The lowest BCUT2D eigenvalue weighted by molar-refractivity contribution is -0.154. The molecular weight excluding hydrogens is 402 g/mol. The van der Waals surface area contributed by atoms with Gasteiger partial charge in [-0.25, -0.2) is 0 Å². The first kappa shape index (κ1) is 21.6. The predicted molar refractivity (Wildman–Crippen MR) is 110 cm³/mol. The molecule has 0 bridgehead atoms. The highest BCUT2D eigenvalue weighted by Crippen LogP contribution is 2.20. The molecule has 160 valence electrons. The van der Waals surface area contributed by atoms with Gasteiger partial charge in [0.25, 0.3) is 11.8 Å². The Hall–Kier alpha value is -4.14. The minimum Gasteiger partial charge on any atom is -0.484 e. The number of para-hydroxylation sites is 1. The lowest BCUT2D eigenvalue weighted by atomic mass is 10.1. The molecular formula is C22H21N3O6. The third kappa shape index (κ3) is 6.70. The Bertz CT molecular complexity index is 1020. The Labute approximate surface area is 178 Å². The SMILES string of the molecule is Cc1cc(NC(=O)C(OC(=O)CNC(=O)COc2ccccc2)c2ccccc2)no1. The Morgan fingerprint density at radius 3 is 2.35 bits per heavy atom. The number of carbonyl (C=O) groups is 3. The highest BCUT2D eigenvalue weighted by Gasteiger charge is 2.26. The van der Waals surface area contributed by atoms with Crippen molar-refractivity contribution >= 4 is 23.6 Å². The molecule has 0 saturated heterocycles. The molecule has 0 fully saturated rings. The van der Waals surface area contributed by atoms with Crippen LogP contribution >= 0.6 is 0 Å². The van der Waals surface area contributed by atoms with Crippen LogP contribution in [-0.4, -0.2) is 36.1 Å². The number of anilines is 1. The maximum Gasteiger partial charge on any atom is 0.326 e. The van der Waals surface area contributed by atoms with Crippen molar-refractivity contribution in [1.29, 1.82) is 0 Å². The number of nitrogens with zero attached hydrogens (tertiary/aromatic N) is 1. The van der Waals surface area contributed by atoms with E-state index in [1.165, 1.54) is 6.07 Å². The van der Waals surface area contributed by atoms with Gasteiger partial charge in [0.05, 0.1) is 0 Å². The number of nitrogens with one attached hydrogen (secondary N) is 2. The van der Waals surface area contributed by atoms with Gasteiger partial charge in [-0.15, -0.1) is 0 Å². The molecule has 0 aliphatic heterocycles. The number of ether oxygens (including phenoxy) is 2. The zero-order valence-electron chi connectivity index (χ0n) is 16.7. The van der Waals surface area contributed by atoms with Crippen LogP contribution in [0.2, 0.25) is 0 Å². The molecule has 2 amide bonds. The molecule has 0 aliphatic carbocycles. The number of hydrogen-bond acceptors (Lipinski definition) is 7. The van der Waals surface area contributed by atoms with Gasteiger partial charge in [0.15, 0.2) is 12.4 Å². The van der Waals surface area contributed by atoms with Crippen molar-refractivity contribution in [1.82, 2.24) is 10.5 Å². The van der Waals surface area contributed by atoms with Gasteiger partial charge in [-0.3, -0.25) is 14.4 Å². The lowest BCUT2D eigenvalue weighted by Gasteiger charge is -2.17.